The summed E-state index contributed by atoms with van der Waals surface area (Å²) in [6, 6.07) is 0.585. The quantitative estimate of drug-likeness (QED) is 0.432. The second-order valence-electron chi connectivity index (χ2n) is 7.27. The molecule has 3 atom stereocenters. The molecule has 0 aromatic heterocycles. The molecular formula is C18H33N3O. The molecule has 0 bridgehead atoms. The smallest absolute Gasteiger partial charge is 0.191 e. The van der Waals surface area contributed by atoms with Crippen LogP contribution in [0.15, 0.2) is 4.99 Å². The summed E-state index contributed by atoms with van der Waals surface area (Å²) >= 11 is 0. The fraction of sp³-hybridized carbons (Fsp3) is 0.944. The monoisotopic (exact) mass is 307 g/mol. The van der Waals surface area contributed by atoms with Crippen LogP contribution in [0.4, 0.5) is 0 Å². The number of hydrogen-bond donors (Lipinski definition) is 2. The van der Waals surface area contributed by atoms with E-state index in [1.807, 2.05) is 0 Å². The summed E-state index contributed by atoms with van der Waals surface area (Å²) in [5, 5.41) is 7.20. The van der Waals surface area contributed by atoms with Gasteiger partial charge in [0, 0.05) is 37.1 Å². The lowest BCUT2D eigenvalue weighted by atomic mass is 9.46. The molecule has 1 spiro atoms. The molecule has 3 rings (SSSR count). The minimum atomic E-state index is 0.430. The summed E-state index contributed by atoms with van der Waals surface area (Å²) in [6.07, 6.45) is 10.9. The van der Waals surface area contributed by atoms with E-state index in [1.54, 1.807) is 0 Å². The molecule has 3 fully saturated rings. The van der Waals surface area contributed by atoms with Gasteiger partial charge >= 0.3 is 0 Å². The molecule has 22 heavy (non-hydrogen) atoms. The second-order valence-corrected chi connectivity index (χ2v) is 7.27. The Morgan fingerprint density at radius 3 is 2.77 bits per heavy atom. The maximum atomic E-state index is 6.01. The van der Waals surface area contributed by atoms with E-state index in [2.05, 4.69) is 24.5 Å². The van der Waals surface area contributed by atoms with Crippen molar-refractivity contribution >= 4 is 5.96 Å². The number of fused-ring (bicyclic) bond motifs is 2. The Morgan fingerprint density at radius 1 is 1.23 bits per heavy atom. The molecule has 1 heterocycles. The van der Waals surface area contributed by atoms with Gasteiger partial charge in [-0.05, 0) is 32.6 Å². The van der Waals surface area contributed by atoms with Crippen LogP contribution in [-0.4, -0.2) is 37.8 Å². The van der Waals surface area contributed by atoms with Crippen LogP contribution in [0.1, 0.15) is 65.2 Å². The number of hydrogen-bond acceptors (Lipinski definition) is 2. The highest BCUT2D eigenvalue weighted by Gasteiger charge is 2.66. The van der Waals surface area contributed by atoms with Gasteiger partial charge in [-0.25, -0.2) is 0 Å². The van der Waals surface area contributed by atoms with Gasteiger partial charge in [-0.15, -0.1) is 0 Å². The lowest BCUT2D eigenvalue weighted by molar-refractivity contribution is -0.171. The van der Waals surface area contributed by atoms with E-state index >= 15 is 0 Å². The molecule has 0 aromatic carbocycles. The van der Waals surface area contributed by atoms with Crippen molar-refractivity contribution in [2.45, 2.75) is 77.4 Å². The second kappa shape index (κ2) is 7.20. The van der Waals surface area contributed by atoms with Crippen LogP contribution in [0, 0.1) is 11.3 Å². The van der Waals surface area contributed by atoms with Crippen LogP contribution in [0.25, 0.3) is 0 Å². The highest BCUT2D eigenvalue weighted by Crippen LogP contribution is 2.62. The largest absolute Gasteiger partial charge is 0.377 e. The summed E-state index contributed by atoms with van der Waals surface area (Å²) in [5.74, 6) is 1.74. The number of aliphatic imine (C=N–C) groups is 1. The van der Waals surface area contributed by atoms with Crippen LogP contribution in [-0.2, 0) is 4.74 Å². The Kier molecular flexibility index (Phi) is 5.27. The minimum Gasteiger partial charge on any atom is -0.377 e. The van der Waals surface area contributed by atoms with Crippen LogP contribution < -0.4 is 10.6 Å². The molecule has 0 radical (unpaired) electrons. The average molecular weight is 307 g/mol. The van der Waals surface area contributed by atoms with Crippen molar-refractivity contribution in [2.24, 2.45) is 16.3 Å². The zero-order valence-electron chi connectivity index (χ0n) is 14.4. The summed E-state index contributed by atoms with van der Waals surface area (Å²) in [6.45, 7) is 7.24. The van der Waals surface area contributed by atoms with E-state index < -0.39 is 0 Å². The highest BCUT2D eigenvalue weighted by molar-refractivity contribution is 5.80. The lowest BCUT2D eigenvalue weighted by Gasteiger charge is -2.63. The first-order chi connectivity index (χ1) is 10.8. The van der Waals surface area contributed by atoms with Gasteiger partial charge in [0.1, 0.15) is 0 Å². The molecule has 2 N–H and O–H groups in total. The fourth-order valence-electron chi connectivity index (χ4n) is 4.65. The predicted octanol–water partition coefficient (Wildman–Crippen LogP) is 3.08. The highest BCUT2D eigenvalue weighted by atomic mass is 16.5. The van der Waals surface area contributed by atoms with E-state index in [1.165, 1.54) is 51.4 Å². The van der Waals surface area contributed by atoms with Crippen LogP contribution in [0.2, 0.25) is 0 Å². The van der Waals surface area contributed by atoms with Gasteiger partial charge in [0.2, 0.25) is 0 Å². The Bertz CT molecular complexity index is 392. The minimum absolute atomic E-state index is 0.430. The summed E-state index contributed by atoms with van der Waals surface area (Å²) in [7, 11) is 0. The third-order valence-corrected chi connectivity index (χ3v) is 5.95. The van der Waals surface area contributed by atoms with Gasteiger partial charge in [-0.3, -0.25) is 4.99 Å². The predicted molar refractivity (Wildman–Crippen MR) is 91.2 cm³/mol. The van der Waals surface area contributed by atoms with Gasteiger partial charge in [-0.1, -0.05) is 32.6 Å². The molecule has 3 unspecified atom stereocenters. The fourth-order valence-corrected chi connectivity index (χ4v) is 4.65. The summed E-state index contributed by atoms with van der Waals surface area (Å²) in [4.78, 5) is 4.80. The Balaban J connectivity index is 1.55. The summed E-state index contributed by atoms with van der Waals surface area (Å²) in [5.41, 5.74) is 0.430. The number of unbranched alkanes of at least 4 members (excludes halogenated alkanes) is 3. The maximum Gasteiger partial charge on any atom is 0.191 e. The van der Waals surface area contributed by atoms with Gasteiger partial charge < -0.3 is 15.4 Å². The number of rotatable bonds is 7. The molecule has 4 heteroatoms. The van der Waals surface area contributed by atoms with Gasteiger partial charge in [-0.2, -0.15) is 0 Å². The molecular weight excluding hydrogens is 274 g/mol. The van der Waals surface area contributed by atoms with E-state index in [4.69, 9.17) is 9.73 Å². The molecule has 3 aliphatic rings. The SMILES string of the molecule is CCCCCCN=C(NCC)NC1C2CCOC2C12CCC2. The van der Waals surface area contributed by atoms with Crippen molar-refractivity contribution in [1.29, 1.82) is 0 Å². The number of nitrogens with zero attached hydrogens (tertiary/aromatic N) is 1. The zero-order valence-corrected chi connectivity index (χ0v) is 14.4. The van der Waals surface area contributed by atoms with Crippen LogP contribution >= 0.6 is 0 Å². The molecule has 1 aliphatic heterocycles. The van der Waals surface area contributed by atoms with Crippen molar-refractivity contribution < 1.29 is 4.74 Å². The molecule has 4 nitrogen and oxygen atoms in total. The molecule has 1 saturated heterocycles. The third-order valence-electron chi connectivity index (χ3n) is 5.95. The van der Waals surface area contributed by atoms with Gasteiger partial charge in [0.15, 0.2) is 5.96 Å². The molecule has 2 saturated carbocycles. The van der Waals surface area contributed by atoms with Gasteiger partial charge in [0.05, 0.1) is 6.10 Å². The van der Waals surface area contributed by atoms with E-state index in [0.29, 0.717) is 23.5 Å². The first kappa shape index (κ1) is 16.1. The maximum absolute atomic E-state index is 6.01. The van der Waals surface area contributed by atoms with Crippen molar-refractivity contribution in [3.8, 4) is 0 Å². The van der Waals surface area contributed by atoms with E-state index in [9.17, 15) is 0 Å². The molecule has 0 aromatic rings. The lowest BCUT2D eigenvalue weighted by Crippen LogP contribution is -2.72. The molecule has 0 amide bonds. The Morgan fingerprint density at radius 2 is 2.09 bits per heavy atom. The Labute approximate surface area is 135 Å². The van der Waals surface area contributed by atoms with E-state index in [0.717, 1.165) is 25.7 Å². The average Bonchev–Trinajstić information content (AvgIpc) is 2.88. The standard InChI is InChI=1S/C18H33N3O/c1-3-5-6-7-12-20-17(19-4-2)21-15-14-9-13-22-16(14)18(15)10-8-11-18/h14-16H,3-13H2,1-2H3,(H2,19,20,21). The van der Waals surface area contributed by atoms with Crippen molar-refractivity contribution in [1.82, 2.24) is 10.6 Å². The molecule has 126 valence electrons. The number of guanidine groups is 1. The van der Waals surface area contributed by atoms with E-state index in [-0.39, 0.29) is 0 Å². The third kappa shape index (κ3) is 2.86. The normalized spacial score (nSPS) is 32.3. The van der Waals surface area contributed by atoms with Crippen LogP contribution in [0.3, 0.4) is 0 Å². The van der Waals surface area contributed by atoms with Gasteiger partial charge in [0.25, 0.3) is 0 Å². The topological polar surface area (TPSA) is 45.7 Å². The first-order valence-electron chi connectivity index (χ1n) is 9.48. The summed E-state index contributed by atoms with van der Waals surface area (Å²) < 4.78 is 6.01. The Hall–Kier alpha value is -0.770. The van der Waals surface area contributed by atoms with Crippen molar-refractivity contribution in [2.75, 3.05) is 19.7 Å². The van der Waals surface area contributed by atoms with Crippen LogP contribution in [0.5, 0.6) is 0 Å². The van der Waals surface area contributed by atoms with Crippen molar-refractivity contribution in [3.05, 3.63) is 0 Å². The number of nitrogens with one attached hydrogen (secondary N) is 2. The zero-order chi connectivity index (χ0) is 15.4. The number of ether oxygens (including phenoxy) is 1. The van der Waals surface area contributed by atoms with Crippen molar-refractivity contribution in [3.63, 3.8) is 0 Å². The first-order valence-corrected chi connectivity index (χ1v) is 9.48. The molecule has 2 aliphatic carbocycles.